The van der Waals surface area contributed by atoms with E-state index in [1.807, 2.05) is 36.1 Å². The Bertz CT molecular complexity index is 428. The van der Waals surface area contributed by atoms with Crippen molar-refractivity contribution in [3.8, 4) is 5.75 Å². The molecule has 0 spiro atoms. The third-order valence-electron chi connectivity index (χ3n) is 3.05. The van der Waals surface area contributed by atoms with Gasteiger partial charge in [-0.25, -0.2) is 4.99 Å². The molecule has 1 aliphatic heterocycles. The minimum atomic E-state index is 0.538. The van der Waals surface area contributed by atoms with Crippen LogP contribution in [0.1, 0.15) is 5.56 Å². The van der Waals surface area contributed by atoms with Crippen LogP contribution < -0.4 is 10.5 Å². The zero-order valence-electron chi connectivity index (χ0n) is 11.3. The van der Waals surface area contributed by atoms with Gasteiger partial charge in [0.05, 0.1) is 19.8 Å². The Hall–Kier alpha value is -1.75. The van der Waals surface area contributed by atoms with Gasteiger partial charge in [0.2, 0.25) is 0 Å². The number of aliphatic imine (C=N–C) groups is 1. The minimum absolute atomic E-state index is 0.538. The van der Waals surface area contributed by atoms with Gasteiger partial charge in [0.15, 0.2) is 5.96 Å². The molecule has 5 nitrogen and oxygen atoms in total. The van der Waals surface area contributed by atoms with Gasteiger partial charge in [0.25, 0.3) is 0 Å². The lowest BCUT2D eigenvalue weighted by Gasteiger charge is -2.27. The Morgan fingerprint density at radius 3 is 2.84 bits per heavy atom. The number of benzene rings is 1. The highest BCUT2D eigenvalue weighted by Gasteiger charge is 2.11. The second-order valence-electron chi connectivity index (χ2n) is 4.45. The van der Waals surface area contributed by atoms with E-state index < -0.39 is 0 Å². The fourth-order valence-corrected chi connectivity index (χ4v) is 1.93. The van der Waals surface area contributed by atoms with Crippen LogP contribution in [0.5, 0.6) is 5.75 Å². The molecule has 1 fully saturated rings. The number of aryl methyl sites for hydroxylation is 1. The first kappa shape index (κ1) is 13.7. The Kier molecular flexibility index (Phi) is 5.03. The molecular weight excluding hydrogens is 242 g/mol. The molecule has 0 aliphatic carbocycles. The van der Waals surface area contributed by atoms with Crippen LogP contribution in [-0.4, -0.2) is 50.3 Å². The second kappa shape index (κ2) is 6.99. The van der Waals surface area contributed by atoms with Gasteiger partial charge >= 0.3 is 0 Å². The molecule has 5 heteroatoms. The third kappa shape index (κ3) is 4.13. The maximum atomic E-state index is 5.92. The van der Waals surface area contributed by atoms with Crippen LogP contribution in [-0.2, 0) is 4.74 Å². The summed E-state index contributed by atoms with van der Waals surface area (Å²) in [4.78, 5) is 6.37. The molecule has 2 rings (SSSR count). The third-order valence-corrected chi connectivity index (χ3v) is 3.05. The molecule has 2 N–H and O–H groups in total. The number of nitrogens with zero attached hydrogens (tertiary/aromatic N) is 2. The number of hydrogen-bond donors (Lipinski definition) is 1. The van der Waals surface area contributed by atoms with E-state index in [0.717, 1.165) is 37.6 Å². The highest BCUT2D eigenvalue weighted by molar-refractivity contribution is 5.78. The molecule has 0 bridgehead atoms. The minimum Gasteiger partial charge on any atom is -0.491 e. The number of nitrogens with two attached hydrogens (primary N) is 1. The van der Waals surface area contributed by atoms with E-state index in [9.17, 15) is 0 Å². The van der Waals surface area contributed by atoms with Crippen molar-refractivity contribution < 1.29 is 9.47 Å². The molecule has 0 saturated carbocycles. The lowest BCUT2D eigenvalue weighted by atomic mass is 10.2. The van der Waals surface area contributed by atoms with E-state index in [1.165, 1.54) is 0 Å². The first-order chi connectivity index (χ1) is 9.27. The molecule has 0 radical (unpaired) electrons. The standard InChI is InChI=1S/C14H21N3O2/c1-12-4-2-3-5-13(12)19-9-6-16-14(15)17-7-10-18-11-8-17/h2-5H,6-11H2,1H3,(H2,15,16). The topological polar surface area (TPSA) is 60.1 Å². The average Bonchev–Trinajstić information content (AvgIpc) is 2.46. The molecule has 1 saturated heterocycles. The molecule has 1 aliphatic rings. The number of ether oxygens (including phenoxy) is 2. The summed E-state index contributed by atoms with van der Waals surface area (Å²) >= 11 is 0. The lowest BCUT2D eigenvalue weighted by molar-refractivity contribution is 0.0674. The van der Waals surface area contributed by atoms with Crippen molar-refractivity contribution in [3.63, 3.8) is 0 Å². The summed E-state index contributed by atoms with van der Waals surface area (Å²) in [6, 6.07) is 7.95. The number of hydrogen-bond acceptors (Lipinski definition) is 3. The molecule has 0 amide bonds. The van der Waals surface area contributed by atoms with Crippen molar-refractivity contribution in [3.05, 3.63) is 29.8 Å². The van der Waals surface area contributed by atoms with Gasteiger partial charge in [0.1, 0.15) is 12.4 Å². The smallest absolute Gasteiger partial charge is 0.191 e. The van der Waals surface area contributed by atoms with Crippen molar-refractivity contribution in [2.45, 2.75) is 6.92 Å². The van der Waals surface area contributed by atoms with Crippen LogP contribution in [0.15, 0.2) is 29.3 Å². The first-order valence-corrected chi connectivity index (χ1v) is 6.58. The summed E-state index contributed by atoms with van der Waals surface area (Å²) in [5.41, 5.74) is 7.05. The highest BCUT2D eigenvalue weighted by Crippen LogP contribution is 2.15. The summed E-state index contributed by atoms with van der Waals surface area (Å²) in [6.45, 7) is 6.20. The van der Waals surface area contributed by atoms with Crippen molar-refractivity contribution >= 4 is 5.96 Å². The van der Waals surface area contributed by atoms with Gasteiger partial charge in [-0.05, 0) is 18.6 Å². The maximum absolute atomic E-state index is 5.92. The van der Waals surface area contributed by atoms with Crippen LogP contribution >= 0.6 is 0 Å². The Morgan fingerprint density at radius 1 is 1.37 bits per heavy atom. The van der Waals surface area contributed by atoms with E-state index >= 15 is 0 Å². The second-order valence-corrected chi connectivity index (χ2v) is 4.45. The molecule has 0 unspecified atom stereocenters. The van der Waals surface area contributed by atoms with Crippen molar-refractivity contribution in [1.82, 2.24) is 4.90 Å². The molecule has 1 heterocycles. The monoisotopic (exact) mass is 263 g/mol. The Morgan fingerprint density at radius 2 is 2.11 bits per heavy atom. The maximum Gasteiger partial charge on any atom is 0.191 e. The summed E-state index contributed by atoms with van der Waals surface area (Å²) in [6.07, 6.45) is 0. The van der Waals surface area contributed by atoms with E-state index in [-0.39, 0.29) is 0 Å². The van der Waals surface area contributed by atoms with E-state index in [0.29, 0.717) is 19.1 Å². The molecule has 1 aromatic carbocycles. The number of rotatable bonds is 4. The van der Waals surface area contributed by atoms with E-state index in [4.69, 9.17) is 15.2 Å². The predicted octanol–water partition coefficient (Wildman–Crippen LogP) is 1.02. The van der Waals surface area contributed by atoms with Gasteiger partial charge in [-0.1, -0.05) is 18.2 Å². The first-order valence-electron chi connectivity index (χ1n) is 6.58. The lowest BCUT2D eigenvalue weighted by Crippen LogP contribution is -2.45. The summed E-state index contributed by atoms with van der Waals surface area (Å²) < 4.78 is 10.9. The quantitative estimate of drug-likeness (QED) is 0.500. The molecule has 0 atom stereocenters. The van der Waals surface area contributed by atoms with Crippen LogP contribution in [0.3, 0.4) is 0 Å². The summed E-state index contributed by atoms with van der Waals surface area (Å²) in [5.74, 6) is 1.49. The van der Waals surface area contributed by atoms with Crippen LogP contribution in [0.25, 0.3) is 0 Å². The zero-order valence-corrected chi connectivity index (χ0v) is 11.3. The van der Waals surface area contributed by atoms with Gasteiger partial charge in [0, 0.05) is 13.1 Å². The highest BCUT2D eigenvalue weighted by atomic mass is 16.5. The van der Waals surface area contributed by atoms with Crippen LogP contribution in [0, 0.1) is 6.92 Å². The molecular formula is C14H21N3O2. The Balaban J connectivity index is 1.75. The fourth-order valence-electron chi connectivity index (χ4n) is 1.93. The van der Waals surface area contributed by atoms with E-state index in [1.54, 1.807) is 0 Å². The molecule has 1 aromatic rings. The normalized spacial score (nSPS) is 16.5. The van der Waals surface area contributed by atoms with Crippen molar-refractivity contribution in [2.75, 3.05) is 39.5 Å². The molecule has 104 valence electrons. The van der Waals surface area contributed by atoms with Gasteiger partial charge in [-0.3, -0.25) is 0 Å². The summed E-state index contributed by atoms with van der Waals surface area (Å²) in [7, 11) is 0. The Labute approximate surface area is 114 Å². The molecule has 19 heavy (non-hydrogen) atoms. The van der Waals surface area contributed by atoms with Crippen molar-refractivity contribution in [2.24, 2.45) is 10.7 Å². The van der Waals surface area contributed by atoms with Gasteiger partial charge in [-0.2, -0.15) is 0 Å². The van der Waals surface area contributed by atoms with Crippen LogP contribution in [0.2, 0.25) is 0 Å². The van der Waals surface area contributed by atoms with Crippen LogP contribution in [0.4, 0.5) is 0 Å². The van der Waals surface area contributed by atoms with E-state index in [2.05, 4.69) is 4.99 Å². The average molecular weight is 263 g/mol. The zero-order chi connectivity index (χ0) is 13.5. The number of guanidine groups is 1. The molecule has 0 aromatic heterocycles. The number of para-hydroxylation sites is 1. The summed E-state index contributed by atoms with van der Waals surface area (Å²) in [5, 5.41) is 0. The van der Waals surface area contributed by atoms with Crippen molar-refractivity contribution in [1.29, 1.82) is 0 Å². The number of morpholine rings is 1. The van der Waals surface area contributed by atoms with Gasteiger partial charge < -0.3 is 20.1 Å². The van der Waals surface area contributed by atoms with Gasteiger partial charge in [-0.15, -0.1) is 0 Å². The SMILES string of the molecule is Cc1ccccc1OCCN=C(N)N1CCOCC1. The fraction of sp³-hybridized carbons (Fsp3) is 0.500. The predicted molar refractivity (Wildman–Crippen MR) is 75.6 cm³/mol. The largest absolute Gasteiger partial charge is 0.491 e.